The van der Waals surface area contributed by atoms with Crippen LogP contribution >= 0.6 is 0 Å². The van der Waals surface area contributed by atoms with E-state index >= 15 is 0 Å². The molecule has 0 bridgehead atoms. The smallest absolute Gasteiger partial charge is 0.0544 e. The molecule has 1 rings (SSSR count). The van der Waals surface area contributed by atoms with E-state index in [1.807, 2.05) is 0 Å². The first kappa shape index (κ1) is 15.0. The Morgan fingerprint density at radius 2 is 1.76 bits per heavy atom. The predicted octanol–water partition coefficient (Wildman–Crippen LogP) is 3.92. The molecule has 1 aliphatic heterocycles. The Labute approximate surface area is 107 Å². The fourth-order valence-electron chi connectivity index (χ4n) is 2.77. The van der Waals surface area contributed by atoms with Crippen LogP contribution in [0.25, 0.3) is 0 Å². The van der Waals surface area contributed by atoms with Crippen molar-refractivity contribution in [2.75, 3.05) is 19.8 Å². The molecule has 0 spiro atoms. The molecule has 0 amide bonds. The summed E-state index contributed by atoms with van der Waals surface area (Å²) in [5, 5.41) is 9.53. The monoisotopic (exact) mass is 242 g/mol. The Morgan fingerprint density at radius 3 is 2.35 bits per heavy atom. The van der Waals surface area contributed by atoms with Crippen LogP contribution in [0.3, 0.4) is 0 Å². The van der Waals surface area contributed by atoms with Crippen LogP contribution in [0.2, 0.25) is 0 Å². The van der Waals surface area contributed by atoms with Crippen LogP contribution in [0, 0.1) is 5.41 Å². The van der Waals surface area contributed by atoms with Crippen LogP contribution < -0.4 is 0 Å². The molecule has 1 heterocycles. The number of ether oxygens (including phenoxy) is 1. The number of unbranched alkanes of at least 4 members (excludes halogenated alkanes) is 6. The van der Waals surface area contributed by atoms with E-state index in [2.05, 4.69) is 6.92 Å². The molecule has 1 N–H and O–H groups in total. The van der Waals surface area contributed by atoms with Crippen molar-refractivity contribution < 1.29 is 9.84 Å². The molecule has 0 aromatic carbocycles. The highest BCUT2D eigenvalue weighted by molar-refractivity contribution is 4.81. The number of rotatable bonds is 9. The SMILES string of the molecule is CCCCCCCCCC1(CO)CCCOC1. The van der Waals surface area contributed by atoms with E-state index in [0.29, 0.717) is 6.61 Å². The highest BCUT2D eigenvalue weighted by atomic mass is 16.5. The summed E-state index contributed by atoms with van der Waals surface area (Å²) in [4.78, 5) is 0. The normalized spacial score (nSPS) is 25.1. The molecule has 17 heavy (non-hydrogen) atoms. The molecule has 1 atom stereocenters. The Bertz CT molecular complexity index is 174. The Hall–Kier alpha value is -0.0800. The molecule has 0 saturated carbocycles. The van der Waals surface area contributed by atoms with Gasteiger partial charge >= 0.3 is 0 Å². The second kappa shape index (κ2) is 8.93. The Kier molecular flexibility index (Phi) is 7.87. The van der Waals surface area contributed by atoms with Crippen molar-refractivity contribution in [3.05, 3.63) is 0 Å². The van der Waals surface area contributed by atoms with Gasteiger partial charge in [0.1, 0.15) is 0 Å². The Morgan fingerprint density at radius 1 is 1.06 bits per heavy atom. The maximum Gasteiger partial charge on any atom is 0.0544 e. The quantitative estimate of drug-likeness (QED) is 0.621. The fourth-order valence-corrected chi connectivity index (χ4v) is 2.77. The minimum atomic E-state index is 0.0989. The second-order valence-corrected chi connectivity index (χ2v) is 5.69. The molecular weight excluding hydrogens is 212 g/mol. The predicted molar refractivity (Wildman–Crippen MR) is 72.2 cm³/mol. The molecule has 0 aromatic heterocycles. The van der Waals surface area contributed by atoms with Gasteiger partial charge in [0.2, 0.25) is 0 Å². The van der Waals surface area contributed by atoms with Gasteiger partial charge in [-0.15, -0.1) is 0 Å². The first-order chi connectivity index (χ1) is 8.33. The summed E-state index contributed by atoms with van der Waals surface area (Å²) in [6.45, 7) is 4.23. The maximum atomic E-state index is 9.53. The number of hydrogen-bond acceptors (Lipinski definition) is 2. The highest BCUT2D eigenvalue weighted by Gasteiger charge is 2.31. The van der Waals surface area contributed by atoms with Gasteiger partial charge in [-0.3, -0.25) is 0 Å². The van der Waals surface area contributed by atoms with E-state index in [-0.39, 0.29) is 5.41 Å². The van der Waals surface area contributed by atoms with Gasteiger partial charge < -0.3 is 9.84 Å². The van der Waals surface area contributed by atoms with Crippen LogP contribution in [0.4, 0.5) is 0 Å². The number of hydrogen-bond donors (Lipinski definition) is 1. The average Bonchev–Trinajstić information content (AvgIpc) is 2.39. The van der Waals surface area contributed by atoms with Gasteiger partial charge in [-0.2, -0.15) is 0 Å². The molecule has 0 aliphatic carbocycles. The zero-order valence-electron chi connectivity index (χ0n) is 11.5. The lowest BCUT2D eigenvalue weighted by molar-refractivity contribution is -0.0440. The molecule has 0 aromatic rings. The maximum absolute atomic E-state index is 9.53. The van der Waals surface area contributed by atoms with Gasteiger partial charge in [-0.25, -0.2) is 0 Å². The molecule has 0 radical (unpaired) electrons. The number of aliphatic hydroxyl groups excluding tert-OH is 1. The van der Waals surface area contributed by atoms with Gasteiger partial charge in [0.25, 0.3) is 0 Å². The summed E-state index contributed by atoms with van der Waals surface area (Å²) in [6.07, 6.45) is 12.9. The largest absolute Gasteiger partial charge is 0.396 e. The van der Waals surface area contributed by atoms with E-state index in [0.717, 1.165) is 32.5 Å². The van der Waals surface area contributed by atoms with E-state index in [9.17, 15) is 5.11 Å². The van der Waals surface area contributed by atoms with Crippen LogP contribution in [0.15, 0.2) is 0 Å². The molecule has 1 aliphatic rings. The molecular formula is C15H30O2. The van der Waals surface area contributed by atoms with Gasteiger partial charge in [-0.05, 0) is 19.3 Å². The van der Waals surface area contributed by atoms with Gasteiger partial charge in [-0.1, -0.05) is 51.9 Å². The lowest BCUT2D eigenvalue weighted by Gasteiger charge is -2.35. The van der Waals surface area contributed by atoms with Crippen molar-refractivity contribution in [1.82, 2.24) is 0 Å². The minimum absolute atomic E-state index is 0.0989. The zero-order chi connectivity index (χ0) is 12.4. The lowest BCUT2D eigenvalue weighted by atomic mass is 9.79. The summed E-state index contributed by atoms with van der Waals surface area (Å²) >= 11 is 0. The van der Waals surface area contributed by atoms with Crippen molar-refractivity contribution in [1.29, 1.82) is 0 Å². The van der Waals surface area contributed by atoms with Crippen LogP contribution in [0.1, 0.15) is 71.1 Å². The summed E-state index contributed by atoms with van der Waals surface area (Å²) in [5.74, 6) is 0. The van der Waals surface area contributed by atoms with Gasteiger partial charge in [0.15, 0.2) is 0 Å². The van der Waals surface area contributed by atoms with E-state index in [4.69, 9.17) is 4.74 Å². The second-order valence-electron chi connectivity index (χ2n) is 5.69. The van der Waals surface area contributed by atoms with Crippen LogP contribution in [0.5, 0.6) is 0 Å². The highest BCUT2D eigenvalue weighted by Crippen LogP contribution is 2.33. The topological polar surface area (TPSA) is 29.5 Å². The van der Waals surface area contributed by atoms with E-state index in [1.165, 1.54) is 44.9 Å². The van der Waals surface area contributed by atoms with E-state index < -0.39 is 0 Å². The minimum Gasteiger partial charge on any atom is -0.396 e. The molecule has 102 valence electrons. The lowest BCUT2D eigenvalue weighted by Crippen LogP contribution is -2.35. The van der Waals surface area contributed by atoms with Crippen molar-refractivity contribution in [2.45, 2.75) is 71.1 Å². The molecule has 1 unspecified atom stereocenters. The first-order valence-electron chi connectivity index (χ1n) is 7.51. The van der Waals surface area contributed by atoms with Gasteiger partial charge in [0.05, 0.1) is 13.2 Å². The molecule has 1 fully saturated rings. The standard InChI is InChI=1S/C15H30O2/c1-2-3-4-5-6-7-8-10-15(13-16)11-9-12-17-14-15/h16H,2-14H2,1H3. The summed E-state index contributed by atoms with van der Waals surface area (Å²) in [7, 11) is 0. The van der Waals surface area contributed by atoms with Crippen molar-refractivity contribution in [3.63, 3.8) is 0 Å². The fraction of sp³-hybridized carbons (Fsp3) is 1.00. The molecule has 2 nitrogen and oxygen atoms in total. The van der Waals surface area contributed by atoms with Crippen molar-refractivity contribution in [2.24, 2.45) is 5.41 Å². The summed E-state index contributed by atoms with van der Waals surface area (Å²) in [6, 6.07) is 0. The average molecular weight is 242 g/mol. The summed E-state index contributed by atoms with van der Waals surface area (Å²) in [5.41, 5.74) is 0.0989. The van der Waals surface area contributed by atoms with Gasteiger partial charge in [0, 0.05) is 12.0 Å². The third-order valence-electron chi connectivity index (χ3n) is 4.05. The van der Waals surface area contributed by atoms with Crippen LogP contribution in [-0.2, 0) is 4.74 Å². The molecule has 2 heteroatoms. The van der Waals surface area contributed by atoms with Crippen LogP contribution in [-0.4, -0.2) is 24.9 Å². The zero-order valence-corrected chi connectivity index (χ0v) is 11.5. The van der Waals surface area contributed by atoms with Crippen molar-refractivity contribution in [3.8, 4) is 0 Å². The first-order valence-corrected chi connectivity index (χ1v) is 7.51. The summed E-state index contributed by atoms with van der Waals surface area (Å²) < 4.78 is 5.53. The Balaban J connectivity index is 2.03. The third-order valence-corrected chi connectivity index (χ3v) is 4.05. The molecule has 1 saturated heterocycles. The third kappa shape index (κ3) is 5.87. The van der Waals surface area contributed by atoms with Crippen molar-refractivity contribution >= 4 is 0 Å². The van der Waals surface area contributed by atoms with E-state index in [1.54, 1.807) is 0 Å². The number of aliphatic hydroxyl groups is 1.